The number of piperidine rings is 1. The topological polar surface area (TPSA) is 18.5 Å². The van der Waals surface area contributed by atoms with E-state index in [0.717, 1.165) is 45.4 Å². The minimum Gasteiger partial charge on any atom is -0.314 e. The van der Waals surface area contributed by atoms with Crippen molar-refractivity contribution in [3.63, 3.8) is 0 Å². The number of alkyl halides is 3. The Balaban J connectivity index is 1.61. The summed E-state index contributed by atoms with van der Waals surface area (Å²) in [4.78, 5) is 3.98. The molecule has 0 amide bonds. The predicted octanol–water partition coefficient (Wildman–Crippen LogP) is 1.94. The normalized spacial score (nSPS) is 27.3. The maximum atomic E-state index is 12.3. The molecule has 0 spiro atoms. The Bertz CT molecular complexity index is 288. The van der Waals surface area contributed by atoms with Crippen LogP contribution in [0, 0.1) is 5.92 Å². The van der Waals surface area contributed by atoms with E-state index in [1.165, 1.54) is 4.90 Å². The minimum absolute atomic E-state index is 0.376. The molecular weight excluding hydrogens is 267 g/mol. The van der Waals surface area contributed by atoms with Gasteiger partial charge >= 0.3 is 6.18 Å². The maximum absolute atomic E-state index is 12.3. The summed E-state index contributed by atoms with van der Waals surface area (Å²) in [5.41, 5.74) is 0. The lowest BCUT2D eigenvalue weighted by atomic mass is 10.0. The van der Waals surface area contributed by atoms with E-state index >= 15 is 0 Å². The highest BCUT2D eigenvalue weighted by Gasteiger charge is 2.34. The molecule has 20 heavy (non-hydrogen) atoms. The zero-order chi connectivity index (χ0) is 14.6. The Hall–Kier alpha value is -0.330. The summed E-state index contributed by atoms with van der Waals surface area (Å²) in [7, 11) is 0. The molecule has 2 saturated heterocycles. The molecule has 1 atom stereocenters. The van der Waals surface area contributed by atoms with Gasteiger partial charge in [-0.25, -0.2) is 0 Å². The van der Waals surface area contributed by atoms with Gasteiger partial charge in [0.05, 0.1) is 6.54 Å². The van der Waals surface area contributed by atoms with E-state index in [1.807, 2.05) is 0 Å². The first-order chi connectivity index (χ1) is 9.46. The van der Waals surface area contributed by atoms with Gasteiger partial charge in [-0.2, -0.15) is 13.2 Å². The summed E-state index contributed by atoms with van der Waals surface area (Å²) in [6.45, 7) is 6.85. The summed E-state index contributed by atoms with van der Waals surface area (Å²) in [5.74, 6) is 0.376. The highest BCUT2D eigenvalue weighted by atomic mass is 19.4. The molecule has 0 aromatic rings. The van der Waals surface area contributed by atoms with Crippen LogP contribution in [-0.2, 0) is 0 Å². The molecule has 2 fully saturated rings. The first-order valence-corrected chi connectivity index (χ1v) is 7.71. The van der Waals surface area contributed by atoms with Crippen LogP contribution in [0.15, 0.2) is 0 Å². The monoisotopic (exact) mass is 293 g/mol. The number of nitrogens with one attached hydrogen (secondary N) is 1. The molecule has 1 unspecified atom stereocenters. The van der Waals surface area contributed by atoms with Gasteiger partial charge in [-0.3, -0.25) is 4.90 Å². The molecule has 3 nitrogen and oxygen atoms in total. The molecule has 2 heterocycles. The second-order valence-electron chi connectivity index (χ2n) is 6.12. The molecule has 118 valence electrons. The maximum Gasteiger partial charge on any atom is 0.401 e. The third-order valence-electron chi connectivity index (χ3n) is 4.50. The van der Waals surface area contributed by atoms with Crippen LogP contribution in [0.5, 0.6) is 0 Å². The van der Waals surface area contributed by atoms with Gasteiger partial charge in [-0.15, -0.1) is 0 Å². The molecular formula is C14H26F3N3. The van der Waals surface area contributed by atoms with Crippen molar-refractivity contribution in [3.05, 3.63) is 0 Å². The summed E-state index contributed by atoms with van der Waals surface area (Å²) < 4.78 is 37.0. The summed E-state index contributed by atoms with van der Waals surface area (Å²) >= 11 is 0. The fraction of sp³-hybridized carbons (Fsp3) is 1.00. The Kier molecular flexibility index (Phi) is 5.69. The van der Waals surface area contributed by atoms with Crippen LogP contribution in [0.1, 0.15) is 26.2 Å². The van der Waals surface area contributed by atoms with Gasteiger partial charge in [-0.05, 0) is 57.9 Å². The van der Waals surface area contributed by atoms with Crippen molar-refractivity contribution in [2.75, 3.05) is 45.8 Å². The number of rotatable bonds is 5. The number of hydrogen-bond acceptors (Lipinski definition) is 3. The zero-order valence-corrected chi connectivity index (χ0v) is 12.3. The SMILES string of the molecule is CCN1CCC(NCC2CCN(CC(F)(F)F)C2)CC1. The average Bonchev–Trinajstić information content (AvgIpc) is 2.82. The lowest BCUT2D eigenvalue weighted by Crippen LogP contribution is -2.44. The number of halogens is 3. The molecule has 0 aromatic carbocycles. The molecule has 2 aliphatic rings. The smallest absolute Gasteiger partial charge is 0.314 e. The fourth-order valence-corrected chi connectivity index (χ4v) is 3.26. The van der Waals surface area contributed by atoms with Crippen LogP contribution in [0.2, 0.25) is 0 Å². The predicted molar refractivity (Wildman–Crippen MR) is 73.7 cm³/mol. The first kappa shape index (κ1) is 16.0. The second kappa shape index (κ2) is 7.09. The largest absolute Gasteiger partial charge is 0.401 e. The quantitative estimate of drug-likeness (QED) is 0.836. The summed E-state index contributed by atoms with van der Waals surface area (Å²) in [6.07, 6.45) is -0.855. The van der Waals surface area contributed by atoms with E-state index in [9.17, 15) is 13.2 Å². The Labute approximate surface area is 119 Å². The number of nitrogens with zero attached hydrogens (tertiary/aromatic N) is 2. The van der Waals surface area contributed by atoms with Crippen molar-refractivity contribution in [1.82, 2.24) is 15.1 Å². The molecule has 6 heteroatoms. The van der Waals surface area contributed by atoms with Gasteiger partial charge in [0.1, 0.15) is 0 Å². The lowest BCUT2D eigenvalue weighted by molar-refractivity contribution is -0.143. The molecule has 0 bridgehead atoms. The Morgan fingerprint density at radius 2 is 1.70 bits per heavy atom. The van der Waals surface area contributed by atoms with Crippen LogP contribution in [0.25, 0.3) is 0 Å². The molecule has 0 aliphatic carbocycles. The van der Waals surface area contributed by atoms with Crippen LogP contribution in [0.4, 0.5) is 13.2 Å². The Morgan fingerprint density at radius 1 is 1.05 bits per heavy atom. The van der Waals surface area contributed by atoms with Crippen molar-refractivity contribution in [1.29, 1.82) is 0 Å². The first-order valence-electron chi connectivity index (χ1n) is 7.71. The van der Waals surface area contributed by atoms with Gasteiger partial charge < -0.3 is 10.2 Å². The summed E-state index contributed by atoms with van der Waals surface area (Å²) in [6, 6.07) is 0.550. The van der Waals surface area contributed by atoms with E-state index in [0.29, 0.717) is 25.0 Å². The van der Waals surface area contributed by atoms with E-state index in [2.05, 4.69) is 17.1 Å². The van der Waals surface area contributed by atoms with Crippen LogP contribution in [-0.4, -0.2) is 67.8 Å². The second-order valence-corrected chi connectivity index (χ2v) is 6.12. The molecule has 0 aromatic heterocycles. The molecule has 1 N–H and O–H groups in total. The Morgan fingerprint density at radius 3 is 2.30 bits per heavy atom. The molecule has 0 radical (unpaired) electrons. The van der Waals surface area contributed by atoms with E-state index in [-0.39, 0.29) is 0 Å². The van der Waals surface area contributed by atoms with Gasteiger partial charge in [-0.1, -0.05) is 6.92 Å². The van der Waals surface area contributed by atoms with E-state index < -0.39 is 12.7 Å². The van der Waals surface area contributed by atoms with Crippen molar-refractivity contribution in [3.8, 4) is 0 Å². The van der Waals surface area contributed by atoms with Gasteiger partial charge in [0.2, 0.25) is 0 Å². The van der Waals surface area contributed by atoms with E-state index in [4.69, 9.17) is 0 Å². The standard InChI is InChI=1S/C14H26F3N3/c1-2-19-7-4-13(5-8-19)18-9-12-3-6-20(10-12)11-14(15,16)17/h12-13,18H,2-11H2,1H3. The lowest BCUT2D eigenvalue weighted by Gasteiger charge is -2.32. The molecule has 2 aliphatic heterocycles. The van der Waals surface area contributed by atoms with Crippen molar-refractivity contribution < 1.29 is 13.2 Å². The van der Waals surface area contributed by atoms with Crippen molar-refractivity contribution in [2.24, 2.45) is 5.92 Å². The average molecular weight is 293 g/mol. The summed E-state index contributed by atoms with van der Waals surface area (Å²) in [5, 5.41) is 3.56. The van der Waals surface area contributed by atoms with E-state index in [1.54, 1.807) is 0 Å². The van der Waals surface area contributed by atoms with Crippen molar-refractivity contribution in [2.45, 2.75) is 38.4 Å². The van der Waals surface area contributed by atoms with Crippen LogP contribution in [0.3, 0.4) is 0 Å². The highest BCUT2D eigenvalue weighted by Crippen LogP contribution is 2.22. The molecule has 2 rings (SSSR count). The van der Waals surface area contributed by atoms with Crippen molar-refractivity contribution >= 4 is 0 Å². The highest BCUT2D eigenvalue weighted by molar-refractivity contribution is 4.82. The minimum atomic E-state index is -4.06. The number of hydrogen-bond donors (Lipinski definition) is 1. The third-order valence-corrected chi connectivity index (χ3v) is 4.50. The van der Waals surface area contributed by atoms with Gasteiger partial charge in [0.15, 0.2) is 0 Å². The van der Waals surface area contributed by atoms with Crippen LogP contribution >= 0.6 is 0 Å². The van der Waals surface area contributed by atoms with Crippen LogP contribution < -0.4 is 5.32 Å². The van der Waals surface area contributed by atoms with Gasteiger partial charge in [0.25, 0.3) is 0 Å². The van der Waals surface area contributed by atoms with Gasteiger partial charge in [0, 0.05) is 12.6 Å². The molecule has 0 saturated carbocycles. The fourth-order valence-electron chi connectivity index (χ4n) is 3.26. The third kappa shape index (κ3) is 5.22. The zero-order valence-electron chi connectivity index (χ0n) is 12.3. The number of likely N-dealkylation sites (tertiary alicyclic amines) is 2.